The van der Waals surface area contributed by atoms with E-state index in [1.807, 2.05) is 24.3 Å². The lowest BCUT2D eigenvalue weighted by Gasteiger charge is -2.15. The molecule has 0 spiro atoms. The van der Waals surface area contributed by atoms with Gasteiger partial charge in [0.15, 0.2) is 0 Å². The first-order chi connectivity index (χ1) is 17.9. The average molecular weight is 503 g/mol. The number of esters is 1. The zero-order valence-electron chi connectivity index (χ0n) is 22.2. The van der Waals surface area contributed by atoms with Crippen LogP contribution in [0.2, 0.25) is 0 Å². The Morgan fingerprint density at radius 3 is 2.24 bits per heavy atom. The van der Waals surface area contributed by atoms with Gasteiger partial charge in [-0.25, -0.2) is 4.79 Å². The van der Waals surface area contributed by atoms with E-state index in [9.17, 15) is 4.79 Å². The minimum atomic E-state index is -0.400. The molecule has 0 aliphatic carbocycles. The SMILES string of the molecule is C=C(C)C(=O)OCCOc1cc(-c2ccc(-c3ccc(OCCO)cc3)c(C)c2)ccc1CCCCC. The van der Waals surface area contributed by atoms with Crippen LogP contribution in [0.4, 0.5) is 0 Å². The highest BCUT2D eigenvalue weighted by molar-refractivity contribution is 5.86. The topological polar surface area (TPSA) is 65.0 Å². The number of aliphatic hydroxyl groups is 1. The Labute approximate surface area is 220 Å². The van der Waals surface area contributed by atoms with E-state index in [1.165, 1.54) is 17.5 Å². The molecule has 5 nitrogen and oxygen atoms in total. The largest absolute Gasteiger partial charge is 0.491 e. The molecule has 37 heavy (non-hydrogen) atoms. The van der Waals surface area contributed by atoms with E-state index < -0.39 is 5.97 Å². The molecular formula is C32H38O5. The van der Waals surface area contributed by atoms with Crippen molar-refractivity contribution in [3.8, 4) is 33.8 Å². The summed E-state index contributed by atoms with van der Waals surface area (Å²) in [5.41, 5.74) is 7.18. The highest BCUT2D eigenvalue weighted by atomic mass is 16.6. The van der Waals surface area contributed by atoms with Crippen LogP contribution < -0.4 is 9.47 Å². The van der Waals surface area contributed by atoms with E-state index >= 15 is 0 Å². The maximum absolute atomic E-state index is 11.7. The van der Waals surface area contributed by atoms with Crippen molar-refractivity contribution in [3.63, 3.8) is 0 Å². The van der Waals surface area contributed by atoms with Gasteiger partial charge in [-0.05, 0) is 78.3 Å². The second-order valence-corrected chi connectivity index (χ2v) is 9.17. The third-order valence-electron chi connectivity index (χ3n) is 6.12. The molecule has 3 rings (SSSR count). The maximum atomic E-state index is 11.7. The van der Waals surface area contributed by atoms with Gasteiger partial charge < -0.3 is 19.3 Å². The lowest BCUT2D eigenvalue weighted by molar-refractivity contribution is -0.139. The van der Waals surface area contributed by atoms with Gasteiger partial charge in [0.1, 0.15) is 31.3 Å². The van der Waals surface area contributed by atoms with Crippen molar-refractivity contribution in [3.05, 3.63) is 83.9 Å². The molecule has 1 N–H and O–H groups in total. The summed E-state index contributed by atoms with van der Waals surface area (Å²) in [6.07, 6.45) is 4.39. The van der Waals surface area contributed by atoms with Gasteiger partial charge in [0.05, 0.1) is 6.61 Å². The lowest BCUT2D eigenvalue weighted by Crippen LogP contribution is -2.13. The molecule has 0 radical (unpaired) electrons. The van der Waals surface area contributed by atoms with Crippen LogP contribution in [0.5, 0.6) is 11.5 Å². The average Bonchev–Trinajstić information content (AvgIpc) is 2.90. The van der Waals surface area contributed by atoms with E-state index in [0.29, 0.717) is 12.2 Å². The van der Waals surface area contributed by atoms with Gasteiger partial charge in [-0.15, -0.1) is 0 Å². The molecule has 3 aromatic carbocycles. The van der Waals surface area contributed by atoms with Crippen molar-refractivity contribution in [1.29, 1.82) is 0 Å². The number of benzene rings is 3. The molecule has 5 heteroatoms. The third-order valence-corrected chi connectivity index (χ3v) is 6.12. The van der Waals surface area contributed by atoms with Gasteiger partial charge in [0, 0.05) is 5.57 Å². The standard InChI is InChI=1S/C32H38O5/c1-5-6-7-8-26-9-10-28(22-31(26)36-19-20-37-32(34)23(2)3)27-13-16-30(24(4)21-27)25-11-14-29(15-12-25)35-18-17-33/h9-16,21-22,33H,2,5-8,17-20H2,1,3-4H3. The number of hydrogen-bond acceptors (Lipinski definition) is 5. The number of aryl methyl sites for hydroxylation is 2. The Morgan fingerprint density at radius 1 is 0.865 bits per heavy atom. The molecular weight excluding hydrogens is 464 g/mol. The van der Waals surface area contributed by atoms with Crippen LogP contribution in [0.3, 0.4) is 0 Å². The smallest absolute Gasteiger partial charge is 0.333 e. The molecule has 0 fully saturated rings. The summed E-state index contributed by atoms with van der Waals surface area (Å²) in [4.78, 5) is 11.7. The lowest BCUT2D eigenvalue weighted by atomic mass is 9.94. The zero-order chi connectivity index (χ0) is 26.6. The molecule has 0 saturated carbocycles. The van der Waals surface area contributed by atoms with E-state index in [0.717, 1.165) is 53.0 Å². The number of carbonyl (C=O) groups is 1. The van der Waals surface area contributed by atoms with E-state index in [4.69, 9.17) is 19.3 Å². The molecule has 196 valence electrons. The summed E-state index contributed by atoms with van der Waals surface area (Å²) in [5.74, 6) is 1.18. The van der Waals surface area contributed by atoms with Gasteiger partial charge in [-0.3, -0.25) is 0 Å². The number of aliphatic hydroxyl groups excluding tert-OH is 1. The Kier molecular flexibility index (Phi) is 10.8. The molecule has 0 aromatic heterocycles. The number of ether oxygens (including phenoxy) is 3. The van der Waals surface area contributed by atoms with E-state index in [1.54, 1.807) is 6.92 Å². The van der Waals surface area contributed by atoms with Crippen LogP contribution in [-0.2, 0) is 16.0 Å². The van der Waals surface area contributed by atoms with Gasteiger partial charge in [0.2, 0.25) is 0 Å². The normalized spacial score (nSPS) is 10.7. The Balaban J connectivity index is 1.78. The predicted molar refractivity (Wildman–Crippen MR) is 149 cm³/mol. The first-order valence-electron chi connectivity index (χ1n) is 13.0. The number of rotatable bonds is 14. The monoisotopic (exact) mass is 502 g/mol. The first kappa shape index (κ1) is 28.0. The van der Waals surface area contributed by atoms with Crippen LogP contribution in [0, 0.1) is 6.92 Å². The summed E-state index contributed by atoms with van der Waals surface area (Å²) in [5, 5.41) is 8.94. The maximum Gasteiger partial charge on any atom is 0.333 e. The molecule has 0 bridgehead atoms. The highest BCUT2D eigenvalue weighted by Gasteiger charge is 2.11. The van der Waals surface area contributed by atoms with Crippen LogP contribution in [0.1, 0.15) is 44.2 Å². The van der Waals surface area contributed by atoms with Gasteiger partial charge >= 0.3 is 5.97 Å². The van der Waals surface area contributed by atoms with Crippen LogP contribution in [0.25, 0.3) is 22.3 Å². The first-order valence-corrected chi connectivity index (χ1v) is 13.0. The Hall–Kier alpha value is -3.57. The fourth-order valence-electron chi connectivity index (χ4n) is 4.11. The number of hydrogen-bond donors (Lipinski definition) is 1. The fourth-order valence-corrected chi connectivity index (χ4v) is 4.11. The van der Waals surface area contributed by atoms with E-state index in [-0.39, 0.29) is 19.8 Å². The van der Waals surface area contributed by atoms with Crippen LogP contribution in [0.15, 0.2) is 72.8 Å². The van der Waals surface area contributed by atoms with E-state index in [2.05, 4.69) is 56.8 Å². The molecule has 0 aliphatic heterocycles. The summed E-state index contributed by atoms with van der Waals surface area (Å²) >= 11 is 0. The van der Waals surface area contributed by atoms with Crippen molar-refractivity contribution < 1.29 is 24.1 Å². The quantitative estimate of drug-likeness (QED) is 0.147. The summed E-state index contributed by atoms with van der Waals surface area (Å²) in [6.45, 7) is 10.3. The van der Waals surface area contributed by atoms with Crippen molar-refractivity contribution in [1.82, 2.24) is 0 Å². The second-order valence-electron chi connectivity index (χ2n) is 9.17. The molecule has 0 saturated heterocycles. The van der Waals surface area contributed by atoms with Crippen LogP contribution in [-0.4, -0.2) is 37.5 Å². The minimum Gasteiger partial charge on any atom is -0.491 e. The Morgan fingerprint density at radius 2 is 1.57 bits per heavy atom. The molecule has 0 heterocycles. The van der Waals surface area contributed by atoms with Gasteiger partial charge in [0.25, 0.3) is 0 Å². The number of unbranched alkanes of at least 4 members (excludes halogenated alkanes) is 2. The number of carbonyl (C=O) groups excluding carboxylic acids is 1. The minimum absolute atomic E-state index is 0.00272. The molecule has 0 atom stereocenters. The van der Waals surface area contributed by atoms with Crippen LogP contribution >= 0.6 is 0 Å². The summed E-state index contributed by atoms with van der Waals surface area (Å²) in [6, 6.07) is 20.8. The predicted octanol–water partition coefficient (Wildman–Crippen LogP) is 6.93. The molecule has 0 amide bonds. The molecule has 0 unspecified atom stereocenters. The van der Waals surface area contributed by atoms with Crippen molar-refractivity contribution >= 4 is 5.97 Å². The Bertz CT molecular complexity index is 1180. The van der Waals surface area contributed by atoms with Gasteiger partial charge in [-0.2, -0.15) is 0 Å². The molecule has 3 aromatic rings. The third kappa shape index (κ3) is 8.22. The van der Waals surface area contributed by atoms with Gasteiger partial charge in [-0.1, -0.05) is 68.8 Å². The highest BCUT2D eigenvalue weighted by Crippen LogP contribution is 2.33. The van der Waals surface area contributed by atoms with Crippen molar-refractivity contribution in [2.24, 2.45) is 0 Å². The fraction of sp³-hybridized carbons (Fsp3) is 0.344. The summed E-state index contributed by atoms with van der Waals surface area (Å²) in [7, 11) is 0. The van der Waals surface area contributed by atoms with Crippen molar-refractivity contribution in [2.75, 3.05) is 26.4 Å². The second kappa shape index (κ2) is 14.2. The zero-order valence-corrected chi connectivity index (χ0v) is 22.2. The summed E-state index contributed by atoms with van der Waals surface area (Å²) < 4.78 is 16.8. The molecule has 0 aliphatic rings. The van der Waals surface area contributed by atoms with Crippen molar-refractivity contribution in [2.45, 2.75) is 46.5 Å².